The zero-order valence-corrected chi connectivity index (χ0v) is 14.8. The Kier molecular flexibility index (Phi) is 3.74. The van der Waals surface area contributed by atoms with Gasteiger partial charge in [0.25, 0.3) is 0 Å². The van der Waals surface area contributed by atoms with E-state index in [0.29, 0.717) is 5.28 Å². The second kappa shape index (κ2) is 5.77. The molecule has 1 aliphatic rings. The van der Waals surface area contributed by atoms with Crippen LogP contribution in [0.15, 0.2) is 30.3 Å². The third-order valence-electron chi connectivity index (χ3n) is 4.57. The number of aryl methyl sites for hydroxylation is 1. The van der Waals surface area contributed by atoms with Crippen molar-refractivity contribution in [2.24, 2.45) is 5.92 Å². The van der Waals surface area contributed by atoms with Crippen molar-refractivity contribution < 1.29 is 0 Å². The van der Waals surface area contributed by atoms with Crippen LogP contribution >= 0.6 is 22.9 Å². The first-order valence-electron chi connectivity index (χ1n) is 7.90. The van der Waals surface area contributed by atoms with Crippen molar-refractivity contribution in [2.45, 2.75) is 26.2 Å². The number of aromatic nitrogens is 2. The normalized spacial score (nSPS) is 17.3. The third kappa shape index (κ3) is 2.60. The maximum atomic E-state index is 6.21. The molecular formula is C18H18ClN3S. The van der Waals surface area contributed by atoms with Crippen molar-refractivity contribution in [3.63, 3.8) is 0 Å². The molecule has 118 valence electrons. The molecule has 3 nitrogen and oxygen atoms in total. The lowest BCUT2D eigenvalue weighted by atomic mass is 9.89. The molecule has 1 unspecified atom stereocenters. The summed E-state index contributed by atoms with van der Waals surface area (Å²) in [5.41, 5.74) is 2.53. The summed E-state index contributed by atoms with van der Waals surface area (Å²) in [6.07, 6.45) is 3.48. The number of halogens is 1. The van der Waals surface area contributed by atoms with Crippen LogP contribution in [0.2, 0.25) is 5.28 Å². The van der Waals surface area contributed by atoms with E-state index in [1.165, 1.54) is 22.2 Å². The summed E-state index contributed by atoms with van der Waals surface area (Å²) in [5, 5.41) is 1.51. The maximum Gasteiger partial charge on any atom is 0.225 e. The minimum Gasteiger partial charge on any atom is -0.329 e. The fourth-order valence-corrected chi connectivity index (χ4v) is 4.91. The zero-order chi connectivity index (χ0) is 16.0. The minimum absolute atomic E-state index is 0.321. The quantitative estimate of drug-likeness (QED) is 0.596. The molecule has 4 rings (SSSR count). The van der Waals surface area contributed by atoms with Gasteiger partial charge in [0.2, 0.25) is 5.28 Å². The Morgan fingerprint density at radius 2 is 2.00 bits per heavy atom. The Labute approximate surface area is 144 Å². The molecule has 0 bridgehead atoms. The summed E-state index contributed by atoms with van der Waals surface area (Å²) in [6, 6.07) is 10.3. The number of hydrogen-bond acceptors (Lipinski definition) is 4. The molecule has 0 N–H and O–H groups in total. The highest BCUT2D eigenvalue weighted by atomic mass is 35.5. The fraction of sp³-hybridized carbons (Fsp3) is 0.333. The smallest absolute Gasteiger partial charge is 0.225 e. The van der Waals surface area contributed by atoms with Gasteiger partial charge in [-0.15, -0.1) is 11.3 Å². The highest BCUT2D eigenvalue weighted by Crippen LogP contribution is 2.42. The summed E-state index contributed by atoms with van der Waals surface area (Å²) in [6.45, 7) is 2.32. The van der Waals surface area contributed by atoms with Crippen molar-refractivity contribution in [3.05, 3.63) is 46.1 Å². The van der Waals surface area contributed by atoms with E-state index in [1.807, 2.05) is 25.2 Å². The van der Waals surface area contributed by atoms with Crippen LogP contribution < -0.4 is 4.90 Å². The van der Waals surface area contributed by atoms with E-state index in [0.717, 1.165) is 35.1 Å². The molecule has 1 atom stereocenters. The molecule has 0 spiro atoms. The monoisotopic (exact) mass is 343 g/mol. The molecule has 3 aromatic rings. The fourth-order valence-electron chi connectivity index (χ4n) is 3.31. The van der Waals surface area contributed by atoms with Crippen molar-refractivity contribution in [2.75, 3.05) is 11.9 Å². The van der Waals surface area contributed by atoms with Gasteiger partial charge < -0.3 is 4.90 Å². The highest BCUT2D eigenvalue weighted by molar-refractivity contribution is 7.19. The Bertz CT molecular complexity index is 860. The molecule has 5 heteroatoms. The van der Waals surface area contributed by atoms with E-state index < -0.39 is 0 Å². The molecule has 0 radical (unpaired) electrons. The number of rotatable bonds is 2. The molecule has 0 amide bonds. The van der Waals surface area contributed by atoms with E-state index in [9.17, 15) is 0 Å². The summed E-state index contributed by atoms with van der Waals surface area (Å²) in [4.78, 5) is 13.6. The molecular weight excluding hydrogens is 326 g/mol. The molecule has 0 fully saturated rings. The van der Waals surface area contributed by atoms with Gasteiger partial charge in [-0.25, -0.2) is 4.98 Å². The molecule has 0 saturated carbocycles. The first-order chi connectivity index (χ1) is 11.1. The van der Waals surface area contributed by atoms with Crippen LogP contribution in [0.4, 0.5) is 11.5 Å². The molecule has 2 aromatic heterocycles. The number of hydrogen-bond donors (Lipinski definition) is 0. The first-order valence-corrected chi connectivity index (χ1v) is 9.09. The van der Waals surface area contributed by atoms with Crippen LogP contribution in [0.1, 0.15) is 23.8 Å². The van der Waals surface area contributed by atoms with E-state index in [4.69, 9.17) is 11.6 Å². The average molecular weight is 344 g/mol. The predicted octanol–water partition coefficient (Wildman–Crippen LogP) is 5.24. The van der Waals surface area contributed by atoms with Gasteiger partial charge in [-0.05, 0) is 54.5 Å². The van der Waals surface area contributed by atoms with Gasteiger partial charge in [0.05, 0.1) is 5.39 Å². The van der Waals surface area contributed by atoms with Gasteiger partial charge in [-0.1, -0.05) is 25.1 Å². The van der Waals surface area contributed by atoms with Gasteiger partial charge in [0.1, 0.15) is 10.6 Å². The van der Waals surface area contributed by atoms with E-state index >= 15 is 0 Å². The van der Waals surface area contributed by atoms with Crippen LogP contribution in [0.5, 0.6) is 0 Å². The lowest BCUT2D eigenvalue weighted by Gasteiger charge is -2.22. The van der Waals surface area contributed by atoms with Crippen LogP contribution in [0.3, 0.4) is 0 Å². The van der Waals surface area contributed by atoms with Gasteiger partial charge in [0.15, 0.2) is 0 Å². The highest BCUT2D eigenvalue weighted by Gasteiger charge is 2.25. The van der Waals surface area contributed by atoms with Crippen molar-refractivity contribution in [1.29, 1.82) is 0 Å². The Hall–Kier alpha value is -1.65. The average Bonchev–Trinajstić information content (AvgIpc) is 2.91. The second-order valence-corrected chi connectivity index (χ2v) is 7.66. The first kappa shape index (κ1) is 14.9. The Morgan fingerprint density at radius 3 is 2.78 bits per heavy atom. The van der Waals surface area contributed by atoms with E-state index in [1.54, 1.807) is 11.3 Å². The number of thiophene rings is 1. The maximum absolute atomic E-state index is 6.21. The third-order valence-corrected chi connectivity index (χ3v) is 5.89. The molecule has 2 heterocycles. The molecule has 23 heavy (non-hydrogen) atoms. The van der Waals surface area contributed by atoms with Gasteiger partial charge >= 0.3 is 0 Å². The molecule has 1 aromatic carbocycles. The van der Waals surface area contributed by atoms with Crippen molar-refractivity contribution >= 4 is 44.7 Å². The standard InChI is InChI=1S/C18H18ClN3S/c1-11-8-9-13-14(10-11)23-17-15(13)16(20-18(19)21-17)22(2)12-6-4-3-5-7-12/h3-7,11H,8-10H2,1-2H3. The Morgan fingerprint density at radius 1 is 1.22 bits per heavy atom. The van der Waals surface area contributed by atoms with Crippen LogP contribution in [0.25, 0.3) is 10.2 Å². The summed E-state index contributed by atoms with van der Waals surface area (Å²) >= 11 is 7.99. The van der Waals surface area contributed by atoms with Gasteiger partial charge in [-0.2, -0.15) is 4.98 Å². The number of fused-ring (bicyclic) bond motifs is 3. The molecule has 0 aliphatic heterocycles. The lowest BCUT2D eigenvalue weighted by molar-refractivity contribution is 0.509. The van der Waals surface area contributed by atoms with E-state index in [-0.39, 0.29) is 0 Å². The van der Waals surface area contributed by atoms with Crippen molar-refractivity contribution in [1.82, 2.24) is 9.97 Å². The SMILES string of the molecule is CC1CCc2c(sc3nc(Cl)nc(N(C)c4ccccc4)c23)C1. The predicted molar refractivity (Wildman–Crippen MR) is 98.1 cm³/mol. The van der Waals surface area contributed by atoms with Gasteiger partial charge in [0, 0.05) is 17.6 Å². The minimum atomic E-state index is 0.321. The number of nitrogens with zero attached hydrogens (tertiary/aromatic N) is 3. The number of anilines is 2. The van der Waals surface area contributed by atoms with Crippen molar-refractivity contribution in [3.8, 4) is 0 Å². The topological polar surface area (TPSA) is 29.0 Å². The number of benzene rings is 1. The second-order valence-electron chi connectivity index (χ2n) is 6.24. The van der Waals surface area contributed by atoms with Gasteiger partial charge in [-0.3, -0.25) is 0 Å². The lowest BCUT2D eigenvalue weighted by Crippen LogP contribution is -2.13. The van der Waals surface area contributed by atoms with Crippen LogP contribution in [-0.4, -0.2) is 17.0 Å². The molecule has 0 saturated heterocycles. The molecule has 1 aliphatic carbocycles. The summed E-state index contributed by atoms with van der Waals surface area (Å²) in [7, 11) is 2.04. The Balaban J connectivity index is 1.92. The zero-order valence-electron chi connectivity index (χ0n) is 13.2. The van der Waals surface area contributed by atoms with E-state index in [2.05, 4.69) is 33.9 Å². The van der Waals surface area contributed by atoms with Crippen LogP contribution in [0, 0.1) is 5.92 Å². The number of para-hydroxylation sites is 1. The largest absolute Gasteiger partial charge is 0.329 e. The van der Waals surface area contributed by atoms with Crippen LogP contribution in [-0.2, 0) is 12.8 Å². The summed E-state index contributed by atoms with van der Waals surface area (Å²) < 4.78 is 0. The summed E-state index contributed by atoms with van der Waals surface area (Å²) in [5.74, 6) is 1.66.